The Labute approximate surface area is 171 Å². The molecule has 0 radical (unpaired) electrons. The van der Waals surface area contributed by atoms with Gasteiger partial charge in [-0.1, -0.05) is 18.2 Å². The molecule has 8 nitrogen and oxygen atoms in total. The first-order chi connectivity index (χ1) is 14.1. The monoisotopic (exact) mass is 395 g/mol. The number of anilines is 3. The normalized spacial score (nSPS) is 19.0. The summed E-state index contributed by atoms with van der Waals surface area (Å²) in [6.07, 6.45) is 6.07. The standard InChI is InChI=1S/C21H29N7O/c1-27(17-7-3-2-4-8-17)21(29)25-16-6-5-11-28(14-16)19-13-23-18(12-22)20(26-19)24-15-9-10-15/h2-4,7-8,13,15-16H,5-6,9-12,14,22H2,1H3,(H,24,26)(H,25,29)/t16-/m1/s1. The molecular formula is C21H29N7O. The molecule has 4 rings (SSSR count). The number of nitrogens with one attached hydrogen (secondary N) is 2. The lowest BCUT2D eigenvalue weighted by Gasteiger charge is -2.34. The van der Waals surface area contributed by atoms with Crippen molar-refractivity contribution in [3.05, 3.63) is 42.2 Å². The highest BCUT2D eigenvalue weighted by Gasteiger charge is 2.26. The van der Waals surface area contributed by atoms with E-state index in [0.29, 0.717) is 19.1 Å². The third-order valence-electron chi connectivity index (χ3n) is 5.47. The molecule has 154 valence electrons. The van der Waals surface area contributed by atoms with Gasteiger partial charge in [-0.25, -0.2) is 9.78 Å². The van der Waals surface area contributed by atoms with Crippen LogP contribution in [0.1, 0.15) is 31.4 Å². The number of hydrogen-bond donors (Lipinski definition) is 3. The lowest BCUT2D eigenvalue weighted by Crippen LogP contribution is -2.51. The van der Waals surface area contributed by atoms with Crippen LogP contribution in [-0.4, -0.2) is 48.2 Å². The van der Waals surface area contributed by atoms with Crippen molar-refractivity contribution >= 4 is 23.4 Å². The first-order valence-corrected chi connectivity index (χ1v) is 10.3. The van der Waals surface area contributed by atoms with Gasteiger partial charge < -0.3 is 21.3 Å². The number of carbonyl (C=O) groups is 1. The van der Waals surface area contributed by atoms with Crippen LogP contribution < -0.4 is 26.2 Å². The van der Waals surface area contributed by atoms with Gasteiger partial charge in [-0.15, -0.1) is 0 Å². The van der Waals surface area contributed by atoms with Gasteiger partial charge in [0.15, 0.2) is 5.82 Å². The highest BCUT2D eigenvalue weighted by molar-refractivity contribution is 5.91. The molecule has 29 heavy (non-hydrogen) atoms. The van der Waals surface area contributed by atoms with Crippen molar-refractivity contribution in [2.24, 2.45) is 5.73 Å². The van der Waals surface area contributed by atoms with Crippen molar-refractivity contribution in [2.75, 3.05) is 35.3 Å². The van der Waals surface area contributed by atoms with Gasteiger partial charge in [0, 0.05) is 44.5 Å². The lowest BCUT2D eigenvalue weighted by atomic mass is 10.1. The molecule has 8 heteroatoms. The molecule has 0 bridgehead atoms. The number of piperidine rings is 1. The molecule has 1 aliphatic carbocycles. The number of nitrogens with two attached hydrogens (primary N) is 1. The molecule has 2 fully saturated rings. The summed E-state index contributed by atoms with van der Waals surface area (Å²) in [5.74, 6) is 1.63. The zero-order valence-electron chi connectivity index (χ0n) is 16.8. The molecule has 2 aliphatic rings. The zero-order valence-corrected chi connectivity index (χ0v) is 16.8. The van der Waals surface area contributed by atoms with Crippen LogP contribution in [-0.2, 0) is 6.54 Å². The van der Waals surface area contributed by atoms with Gasteiger partial charge >= 0.3 is 6.03 Å². The van der Waals surface area contributed by atoms with E-state index in [1.807, 2.05) is 30.3 Å². The molecule has 2 heterocycles. The van der Waals surface area contributed by atoms with E-state index in [-0.39, 0.29) is 12.1 Å². The second-order valence-electron chi connectivity index (χ2n) is 7.78. The van der Waals surface area contributed by atoms with Crippen LogP contribution in [0.15, 0.2) is 36.5 Å². The average Bonchev–Trinajstić information content (AvgIpc) is 3.58. The lowest BCUT2D eigenvalue weighted by molar-refractivity contribution is 0.242. The Morgan fingerprint density at radius 2 is 2.03 bits per heavy atom. The number of urea groups is 1. The van der Waals surface area contributed by atoms with E-state index < -0.39 is 0 Å². The summed E-state index contributed by atoms with van der Waals surface area (Å²) in [6.45, 7) is 1.99. The fourth-order valence-corrected chi connectivity index (χ4v) is 3.59. The summed E-state index contributed by atoms with van der Waals surface area (Å²) in [7, 11) is 1.79. The quantitative estimate of drug-likeness (QED) is 0.694. The van der Waals surface area contributed by atoms with Gasteiger partial charge in [-0.05, 0) is 37.8 Å². The maximum absolute atomic E-state index is 12.7. The van der Waals surface area contributed by atoms with Crippen LogP contribution in [0.2, 0.25) is 0 Å². The van der Waals surface area contributed by atoms with Crippen LogP contribution in [0, 0.1) is 0 Å². The fourth-order valence-electron chi connectivity index (χ4n) is 3.59. The second kappa shape index (κ2) is 8.65. The van der Waals surface area contributed by atoms with Crippen molar-refractivity contribution in [1.82, 2.24) is 15.3 Å². The molecule has 0 unspecified atom stereocenters. The summed E-state index contributed by atoms with van der Waals surface area (Å²) in [6, 6.07) is 10.1. The Morgan fingerprint density at radius 1 is 1.24 bits per heavy atom. The Bertz CT molecular complexity index is 840. The Hall–Kier alpha value is -2.87. The average molecular weight is 396 g/mol. The van der Waals surface area contributed by atoms with Crippen LogP contribution in [0.4, 0.5) is 22.1 Å². The van der Waals surface area contributed by atoms with E-state index in [9.17, 15) is 4.79 Å². The zero-order chi connectivity index (χ0) is 20.2. The van der Waals surface area contributed by atoms with Gasteiger partial charge in [0.1, 0.15) is 5.82 Å². The van der Waals surface area contributed by atoms with E-state index in [0.717, 1.165) is 42.4 Å². The number of aromatic nitrogens is 2. The number of nitrogens with zero attached hydrogens (tertiary/aromatic N) is 4. The molecule has 1 aromatic heterocycles. The number of carbonyl (C=O) groups excluding carboxylic acids is 1. The summed E-state index contributed by atoms with van der Waals surface area (Å²) < 4.78 is 0. The molecule has 1 saturated heterocycles. The van der Waals surface area contributed by atoms with Gasteiger partial charge in [0.05, 0.1) is 11.9 Å². The molecule has 0 spiro atoms. The Kier molecular flexibility index (Phi) is 5.80. The minimum Gasteiger partial charge on any atom is -0.366 e. The van der Waals surface area contributed by atoms with E-state index in [1.54, 1.807) is 18.1 Å². The topological polar surface area (TPSA) is 99.4 Å². The van der Waals surface area contributed by atoms with Crippen molar-refractivity contribution in [1.29, 1.82) is 0 Å². The molecule has 2 amide bonds. The number of benzene rings is 1. The van der Waals surface area contributed by atoms with Crippen molar-refractivity contribution < 1.29 is 4.79 Å². The Morgan fingerprint density at radius 3 is 2.76 bits per heavy atom. The molecule has 2 aromatic rings. The van der Waals surface area contributed by atoms with Crippen LogP contribution in [0.5, 0.6) is 0 Å². The molecule has 1 aromatic carbocycles. The summed E-state index contributed by atoms with van der Waals surface area (Å²) in [5.41, 5.74) is 7.49. The number of hydrogen-bond acceptors (Lipinski definition) is 6. The van der Waals surface area contributed by atoms with E-state index >= 15 is 0 Å². The van der Waals surface area contributed by atoms with Gasteiger partial charge in [0.2, 0.25) is 0 Å². The maximum atomic E-state index is 12.7. The minimum atomic E-state index is -0.0938. The fraction of sp³-hybridized carbons (Fsp3) is 0.476. The summed E-state index contributed by atoms with van der Waals surface area (Å²) in [5, 5.41) is 6.59. The maximum Gasteiger partial charge on any atom is 0.321 e. The van der Waals surface area contributed by atoms with Crippen molar-refractivity contribution in [3.63, 3.8) is 0 Å². The van der Waals surface area contributed by atoms with E-state index in [4.69, 9.17) is 10.7 Å². The molecule has 1 aliphatic heterocycles. The summed E-state index contributed by atoms with van der Waals surface area (Å²) in [4.78, 5) is 25.8. The number of amides is 2. The largest absolute Gasteiger partial charge is 0.366 e. The first-order valence-electron chi connectivity index (χ1n) is 10.3. The molecular weight excluding hydrogens is 366 g/mol. The smallest absolute Gasteiger partial charge is 0.321 e. The molecule has 4 N–H and O–H groups in total. The third-order valence-corrected chi connectivity index (χ3v) is 5.47. The summed E-state index contributed by atoms with van der Waals surface area (Å²) >= 11 is 0. The highest BCUT2D eigenvalue weighted by Crippen LogP contribution is 2.27. The van der Waals surface area contributed by atoms with Crippen LogP contribution in [0.25, 0.3) is 0 Å². The predicted molar refractivity (Wildman–Crippen MR) is 115 cm³/mol. The second-order valence-corrected chi connectivity index (χ2v) is 7.78. The third kappa shape index (κ3) is 4.76. The van der Waals surface area contributed by atoms with Crippen LogP contribution in [0.3, 0.4) is 0 Å². The minimum absolute atomic E-state index is 0.0678. The van der Waals surface area contributed by atoms with Gasteiger partial charge in [-0.2, -0.15) is 0 Å². The van der Waals surface area contributed by atoms with Crippen LogP contribution >= 0.6 is 0 Å². The highest BCUT2D eigenvalue weighted by atomic mass is 16.2. The first kappa shape index (κ1) is 19.4. The number of rotatable bonds is 6. The molecule has 1 atom stereocenters. The molecule has 1 saturated carbocycles. The van der Waals surface area contributed by atoms with Gasteiger partial charge in [-0.3, -0.25) is 9.88 Å². The number of para-hydroxylation sites is 1. The van der Waals surface area contributed by atoms with Crippen molar-refractivity contribution in [3.8, 4) is 0 Å². The van der Waals surface area contributed by atoms with E-state index in [1.165, 1.54) is 12.8 Å². The van der Waals surface area contributed by atoms with Crippen molar-refractivity contribution in [2.45, 2.75) is 44.3 Å². The van der Waals surface area contributed by atoms with Gasteiger partial charge in [0.25, 0.3) is 0 Å². The van der Waals surface area contributed by atoms with E-state index in [2.05, 4.69) is 20.5 Å². The predicted octanol–water partition coefficient (Wildman–Crippen LogP) is 2.32. The Balaban J connectivity index is 1.41. The SMILES string of the molecule is CN(C(=O)N[C@@H]1CCCN(c2cnc(CN)c(NC3CC3)n2)C1)c1ccccc1.